The molecule has 0 aromatic rings. The van der Waals surface area contributed by atoms with Crippen molar-refractivity contribution in [3.05, 3.63) is 58.5 Å². The van der Waals surface area contributed by atoms with Crippen LogP contribution in [0.4, 0.5) is 0 Å². The van der Waals surface area contributed by atoms with Gasteiger partial charge in [0.2, 0.25) is 0 Å². The van der Waals surface area contributed by atoms with Crippen LogP contribution < -0.4 is 16.2 Å². The third-order valence-corrected chi connectivity index (χ3v) is 4.67. The standard InChI is InChI=1S/C24H41N3O2/c1-9-11-19(6)29-24(20-14-15-20)26-21(12-10-2)23(27-25-7)18(5)13-16-22(28-8)17(3)4/h13,16,19,25-27H,3,9-12,14-15H2,1-2,4-8H3/b18-13+,22-16+,23-21+. The fraction of sp³-hybridized carbons (Fsp3) is 0.583. The van der Waals surface area contributed by atoms with Crippen LogP contribution in [0.1, 0.15) is 73.1 Å². The molecule has 0 bridgehead atoms. The van der Waals surface area contributed by atoms with Gasteiger partial charge >= 0.3 is 0 Å². The minimum absolute atomic E-state index is 0.207. The largest absolute Gasteiger partial charge is 0.497 e. The van der Waals surface area contributed by atoms with Crippen molar-refractivity contribution < 1.29 is 9.47 Å². The van der Waals surface area contributed by atoms with Gasteiger partial charge in [-0.3, -0.25) is 0 Å². The molecule has 0 aromatic carbocycles. The van der Waals surface area contributed by atoms with Gasteiger partial charge in [0, 0.05) is 12.7 Å². The lowest BCUT2D eigenvalue weighted by Gasteiger charge is -2.23. The molecular weight excluding hydrogens is 362 g/mol. The van der Waals surface area contributed by atoms with Gasteiger partial charge in [-0.05, 0) is 69.2 Å². The molecule has 1 saturated carbocycles. The number of hydrazine groups is 1. The van der Waals surface area contributed by atoms with Crippen molar-refractivity contribution in [2.45, 2.75) is 79.2 Å². The maximum atomic E-state index is 6.27. The van der Waals surface area contributed by atoms with E-state index < -0.39 is 0 Å². The molecule has 29 heavy (non-hydrogen) atoms. The summed E-state index contributed by atoms with van der Waals surface area (Å²) in [6, 6.07) is 0. The van der Waals surface area contributed by atoms with E-state index in [-0.39, 0.29) is 6.10 Å². The van der Waals surface area contributed by atoms with Crippen LogP contribution in [0.3, 0.4) is 0 Å². The molecule has 0 saturated heterocycles. The zero-order chi connectivity index (χ0) is 21.8. The second-order valence-electron chi connectivity index (χ2n) is 7.62. The summed E-state index contributed by atoms with van der Waals surface area (Å²) in [6.07, 6.45) is 10.6. The molecule has 1 aliphatic rings. The van der Waals surface area contributed by atoms with Gasteiger partial charge < -0.3 is 20.2 Å². The first kappa shape index (κ1) is 24.9. The van der Waals surface area contributed by atoms with E-state index in [0.29, 0.717) is 0 Å². The van der Waals surface area contributed by atoms with Gasteiger partial charge in [0.15, 0.2) is 5.88 Å². The molecule has 3 N–H and O–H groups in total. The molecule has 0 aliphatic heterocycles. The van der Waals surface area contributed by atoms with E-state index in [9.17, 15) is 0 Å². The highest BCUT2D eigenvalue weighted by Crippen LogP contribution is 2.33. The minimum atomic E-state index is 0.207. The molecule has 0 aromatic heterocycles. The second-order valence-corrected chi connectivity index (χ2v) is 7.62. The van der Waals surface area contributed by atoms with E-state index in [4.69, 9.17) is 9.47 Å². The quantitative estimate of drug-likeness (QED) is 0.201. The van der Waals surface area contributed by atoms with Gasteiger partial charge in [-0.15, -0.1) is 0 Å². The maximum absolute atomic E-state index is 6.27. The summed E-state index contributed by atoms with van der Waals surface area (Å²) < 4.78 is 11.7. The number of allylic oxidation sites excluding steroid dienone is 6. The number of methoxy groups -OCH3 is 1. The highest BCUT2D eigenvalue weighted by Gasteiger charge is 2.22. The van der Waals surface area contributed by atoms with E-state index in [0.717, 1.165) is 72.7 Å². The van der Waals surface area contributed by atoms with E-state index in [1.807, 2.05) is 20.0 Å². The van der Waals surface area contributed by atoms with Gasteiger partial charge in [-0.25, -0.2) is 5.43 Å². The first-order valence-electron chi connectivity index (χ1n) is 10.8. The molecule has 5 nitrogen and oxygen atoms in total. The van der Waals surface area contributed by atoms with Gasteiger partial charge in [0.1, 0.15) is 5.76 Å². The lowest BCUT2D eigenvalue weighted by molar-refractivity contribution is 0.110. The zero-order valence-electron chi connectivity index (χ0n) is 19.5. The molecule has 0 radical (unpaired) electrons. The molecule has 1 rings (SSSR count). The predicted molar refractivity (Wildman–Crippen MR) is 123 cm³/mol. The number of nitrogens with one attached hydrogen (secondary N) is 3. The normalized spacial score (nSPS) is 16.0. The molecule has 1 fully saturated rings. The SMILES string of the molecule is C=C(C)\C(=C/C=C(C)/C(NNC)=C(/CCC)NC(OC(C)CCC)=C1CC1)OC. The van der Waals surface area contributed by atoms with Crippen molar-refractivity contribution >= 4 is 0 Å². The van der Waals surface area contributed by atoms with Crippen LogP contribution in [-0.4, -0.2) is 20.3 Å². The van der Waals surface area contributed by atoms with Crippen molar-refractivity contribution in [1.29, 1.82) is 0 Å². The summed E-state index contributed by atoms with van der Waals surface area (Å²) in [6.45, 7) is 14.5. The zero-order valence-corrected chi connectivity index (χ0v) is 19.5. The Bertz CT molecular complexity index is 666. The minimum Gasteiger partial charge on any atom is -0.497 e. The Hall–Kier alpha value is -2.14. The summed E-state index contributed by atoms with van der Waals surface area (Å²) in [7, 11) is 3.54. The fourth-order valence-electron chi connectivity index (χ4n) is 3.00. The Morgan fingerprint density at radius 2 is 1.86 bits per heavy atom. The molecule has 1 atom stereocenters. The van der Waals surface area contributed by atoms with Gasteiger partial charge in [0.05, 0.1) is 18.9 Å². The molecule has 164 valence electrons. The monoisotopic (exact) mass is 403 g/mol. The third-order valence-electron chi connectivity index (χ3n) is 4.67. The Morgan fingerprint density at radius 3 is 2.34 bits per heavy atom. The molecule has 1 aliphatic carbocycles. The van der Waals surface area contributed by atoms with Crippen molar-refractivity contribution in [2.75, 3.05) is 14.2 Å². The average Bonchev–Trinajstić information content (AvgIpc) is 3.50. The number of ether oxygens (including phenoxy) is 2. The Kier molecular flexibility index (Phi) is 11.3. The summed E-state index contributed by atoms with van der Waals surface area (Å²) >= 11 is 0. The number of hydrogen-bond donors (Lipinski definition) is 3. The summed E-state index contributed by atoms with van der Waals surface area (Å²) in [5.41, 5.74) is 11.9. The van der Waals surface area contributed by atoms with Gasteiger partial charge in [-0.1, -0.05) is 39.3 Å². The molecule has 0 amide bonds. The van der Waals surface area contributed by atoms with Crippen LogP contribution in [0.25, 0.3) is 0 Å². The molecule has 0 spiro atoms. The van der Waals surface area contributed by atoms with Gasteiger partial charge in [0.25, 0.3) is 0 Å². The first-order chi connectivity index (χ1) is 13.9. The second kappa shape index (κ2) is 13.2. The van der Waals surface area contributed by atoms with Gasteiger partial charge in [-0.2, -0.15) is 0 Å². The Morgan fingerprint density at radius 1 is 1.17 bits per heavy atom. The van der Waals surface area contributed by atoms with Crippen molar-refractivity contribution in [3.63, 3.8) is 0 Å². The van der Waals surface area contributed by atoms with Crippen LogP contribution >= 0.6 is 0 Å². The summed E-state index contributed by atoms with van der Waals surface area (Å²) in [4.78, 5) is 0. The average molecular weight is 404 g/mol. The number of hydrogen-bond acceptors (Lipinski definition) is 5. The molecule has 0 heterocycles. The van der Waals surface area contributed by atoms with Crippen LogP contribution in [0.5, 0.6) is 0 Å². The van der Waals surface area contributed by atoms with Crippen LogP contribution in [0.15, 0.2) is 58.5 Å². The number of rotatable bonds is 14. The summed E-state index contributed by atoms with van der Waals surface area (Å²) in [5, 5.41) is 3.62. The first-order valence-corrected chi connectivity index (χ1v) is 10.8. The fourth-order valence-corrected chi connectivity index (χ4v) is 3.00. The molecule has 5 heteroatoms. The van der Waals surface area contributed by atoms with E-state index in [1.54, 1.807) is 7.11 Å². The van der Waals surface area contributed by atoms with Crippen molar-refractivity contribution in [3.8, 4) is 0 Å². The lowest BCUT2D eigenvalue weighted by Crippen LogP contribution is -2.32. The highest BCUT2D eigenvalue weighted by atomic mass is 16.5. The highest BCUT2D eigenvalue weighted by molar-refractivity contribution is 5.38. The van der Waals surface area contributed by atoms with E-state index in [1.165, 1.54) is 5.57 Å². The Labute approximate surface area is 178 Å². The third kappa shape index (κ3) is 8.82. The van der Waals surface area contributed by atoms with Crippen molar-refractivity contribution in [1.82, 2.24) is 16.2 Å². The molecular formula is C24H41N3O2. The van der Waals surface area contributed by atoms with E-state index >= 15 is 0 Å². The van der Waals surface area contributed by atoms with Crippen molar-refractivity contribution in [2.24, 2.45) is 0 Å². The van der Waals surface area contributed by atoms with Crippen LogP contribution in [-0.2, 0) is 9.47 Å². The summed E-state index contributed by atoms with van der Waals surface area (Å²) in [5.74, 6) is 1.71. The molecule has 1 unspecified atom stereocenters. The lowest BCUT2D eigenvalue weighted by atomic mass is 10.1. The smallest absolute Gasteiger partial charge is 0.190 e. The Balaban J connectivity index is 3.23. The van der Waals surface area contributed by atoms with Crippen LogP contribution in [0.2, 0.25) is 0 Å². The maximum Gasteiger partial charge on any atom is 0.190 e. The topological polar surface area (TPSA) is 54.5 Å². The van der Waals surface area contributed by atoms with Crippen LogP contribution in [0, 0.1) is 0 Å². The van der Waals surface area contributed by atoms with E-state index in [2.05, 4.69) is 56.5 Å². The predicted octanol–water partition coefficient (Wildman–Crippen LogP) is 5.58.